The molecule has 0 aliphatic carbocycles. The molecule has 1 saturated heterocycles. The Bertz CT molecular complexity index is 392. The monoisotopic (exact) mass is 248 g/mol. The Hall–Kier alpha value is -0.860. The molecular formula is C16H24O2. The Morgan fingerprint density at radius 1 is 1.17 bits per heavy atom. The summed E-state index contributed by atoms with van der Waals surface area (Å²) in [5.41, 5.74) is 2.45. The third kappa shape index (κ3) is 2.76. The van der Waals surface area contributed by atoms with Crippen LogP contribution in [0.1, 0.15) is 45.1 Å². The standard InChI is InChI=1S/C16H24O2/c1-11(2)14-16(4,5)10-17-15(18-14)13-8-6-12(3)7-9-13/h6-9,11,14-15H,10H2,1-5H3/t14-,15-/m1/s1. The van der Waals surface area contributed by atoms with Crippen LogP contribution in [0.4, 0.5) is 0 Å². The van der Waals surface area contributed by atoms with Crippen molar-refractivity contribution in [1.29, 1.82) is 0 Å². The molecule has 0 saturated carbocycles. The minimum Gasteiger partial charge on any atom is -0.348 e. The van der Waals surface area contributed by atoms with Crippen LogP contribution in [0, 0.1) is 18.3 Å². The lowest BCUT2D eigenvalue weighted by atomic mass is 9.80. The zero-order valence-electron chi connectivity index (χ0n) is 12.1. The third-order valence-corrected chi connectivity index (χ3v) is 3.60. The van der Waals surface area contributed by atoms with Crippen LogP contribution in [0.3, 0.4) is 0 Å². The maximum atomic E-state index is 6.17. The molecule has 0 radical (unpaired) electrons. The van der Waals surface area contributed by atoms with Crippen LogP contribution in [0.2, 0.25) is 0 Å². The molecule has 18 heavy (non-hydrogen) atoms. The number of rotatable bonds is 2. The third-order valence-electron chi connectivity index (χ3n) is 3.60. The Labute approximate surface area is 110 Å². The molecule has 1 aliphatic rings. The van der Waals surface area contributed by atoms with Crippen molar-refractivity contribution in [2.24, 2.45) is 11.3 Å². The molecule has 1 fully saturated rings. The molecule has 0 spiro atoms. The van der Waals surface area contributed by atoms with Crippen LogP contribution >= 0.6 is 0 Å². The largest absolute Gasteiger partial charge is 0.348 e. The van der Waals surface area contributed by atoms with Crippen LogP contribution in [-0.2, 0) is 9.47 Å². The van der Waals surface area contributed by atoms with Crippen molar-refractivity contribution in [3.05, 3.63) is 35.4 Å². The molecule has 0 amide bonds. The van der Waals surface area contributed by atoms with Crippen molar-refractivity contribution in [3.8, 4) is 0 Å². The van der Waals surface area contributed by atoms with Crippen molar-refractivity contribution in [3.63, 3.8) is 0 Å². The molecule has 1 aliphatic heterocycles. The smallest absolute Gasteiger partial charge is 0.184 e. The second kappa shape index (κ2) is 5.02. The van der Waals surface area contributed by atoms with Crippen molar-refractivity contribution in [2.45, 2.75) is 47.0 Å². The fraction of sp³-hybridized carbons (Fsp3) is 0.625. The molecule has 0 N–H and O–H groups in total. The summed E-state index contributed by atoms with van der Waals surface area (Å²) in [6, 6.07) is 8.39. The van der Waals surface area contributed by atoms with Gasteiger partial charge in [0.1, 0.15) is 0 Å². The van der Waals surface area contributed by atoms with E-state index in [0.717, 1.165) is 12.2 Å². The Morgan fingerprint density at radius 3 is 2.33 bits per heavy atom. The van der Waals surface area contributed by atoms with Gasteiger partial charge in [0.15, 0.2) is 6.29 Å². The van der Waals surface area contributed by atoms with Gasteiger partial charge in [-0.1, -0.05) is 57.5 Å². The first-order valence-electron chi connectivity index (χ1n) is 6.74. The van der Waals surface area contributed by atoms with Crippen LogP contribution < -0.4 is 0 Å². The van der Waals surface area contributed by atoms with E-state index in [9.17, 15) is 0 Å². The van der Waals surface area contributed by atoms with Crippen LogP contribution in [0.25, 0.3) is 0 Å². The quantitative estimate of drug-likeness (QED) is 0.784. The topological polar surface area (TPSA) is 18.5 Å². The lowest BCUT2D eigenvalue weighted by Gasteiger charge is -2.44. The molecular weight excluding hydrogens is 224 g/mol. The summed E-state index contributed by atoms with van der Waals surface area (Å²) in [6.45, 7) is 11.7. The molecule has 0 bridgehead atoms. The van der Waals surface area contributed by atoms with Gasteiger partial charge in [-0.15, -0.1) is 0 Å². The van der Waals surface area contributed by atoms with E-state index in [0.29, 0.717) is 5.92 Å². The first-order chi connectivity index (χ1) is 8.40. The highest BCUT2D eigenvalue weighted by atomic mass is 16.7. The highest BCUT2D eigenvalue weighted by Crippen LogP contribution is 2.39. The molecule has 2 rings (SSSR count). The van der Waals surface area contributed by atoms with Crippen molar-refractivity contribution in [2.75, 3.05) is 6.61 Å². The maximum absolute atomic E-state index is 6.17. The summed E-state index contributed by atoms with van der Waals surface area (Å²) in [7, 11) is 0. The minimum absolute atomic E-state index is 0.0787. The predicted octanol–water partition coefficient (Wildman–Crippen LogP) is 4.09. The average Bonchev–Trinajstić information content (AvgIpc) is 2.29. The summed E-state index contributed by atoms with van der Waals surface area (Å²) in [4.78, 5) is 0. The van der Waals surface area contributed by atoms with E-state index in [1.807, 2.05) is 0 Å². The summed E-state index contributed by atoms with van der Waals surface area (Å²) in [6.07, 6.45) is 0.0172. The van der Waals surface area contributed by atoms with E-state index in [-0.39, 0.29) is 17.8 Å². The van der Waals surface area contributed by atoms with Gasteiger partial charge in [0, 0.05) is 11.0 Å². The molecule has 0 unspecified atom stereocenters. The van der Waals surface area contributed by atoms with E-state index in [2.05, 4.69) is 58.9 Å². The molecule has 1 heterocycles. The summed E-state index contributed by atoms with van der Waals surface area (Å²) in [5, 5.41) is 0. The van der Waals surface area contributed by atoms with Gasteiger partial charge in [0.2, 0.25) is 0 Å². The first-order valence-corrected chi connectivity index (χ1v) is 6.74. The van der Waals surface area contributed by atoms with Crippen LogP contribution in [-0.4, -0.2) is 12.7 Å². The van der Waals surface area contributed by atoms with Gasteiger partial charge < -0.3 is 9.47 Å². The van der Waals surface area contributed by atoms with Crippen LogP contribution in [0.5, 0.6) is 0 Å². The van der Waals surface area contributed by atoms with Gasteiger partial charge in [-0.05, 0) is 12.8 Å². The molecule has 2 atom stereocenters. The first kappa shape index (κ1) is 13.6. The zero-order chi connectivity index (χ0) is 13.3. The molecule has 2 heteroatoms. The Balaban J connectivity index is 2.15. The molecule has 1 aromatic carbocycles. The normalized spacial score (nSPS) is 27.4. The second-order valence-electron chi connectivity index (χ2n) is 6.34. The van der Waals surface area contributed by atoms with E-state index in [4.69, 9.17) is 9.47 Å². The van der Waals surface area contributed by atoms with Gasteiger partial charge in [-0.25, -0.2) is 0 Å². The van der Waals surface area contributed by atoms with E-state index in [1.54, 1.807) is 0 Å². The summed E-state index contributed by atoms with van der Waals surface area (Å²) < 4.78 is 12.0. The van der Waals surface area contributed by atoms with Gasteiger partial charge in [0.25, 0.3) is 0 Å². The number of benzene rings is 1. The lowest BCUT2D eigenvalue weighted by molar-refractivity contribution is -0.274. The Kier molecular flexibility index (Phi) is 3.79. The second-order valence-corrected chi connectivity index (χ2v) is 6.34. The Morgan fingerprint density at radius 2 is 1.78 bits per heavy atom. The average molecular weight is 248 g/mol. The minimum atomic E-state index is -0.217. The predicted molar refractivity (Wildman–Crippen MR) is 73.4 cm³/mol. The van der Waals surface area contributed by atoms with E-state index >= 15 is 0 Å². The van der Waals surface area contributed by atoms with E-state index < -0.39 is 0 Å². The van der Waals surface area contributed by atoms with Crippen molar-refractivity contribution < 1.29 is 9.47 Å². The molecule has 2 nitrogen and oxygen atoms in total. The molecule has 0 aromatic heterocycles. The van der Waals surface area contributed by atoms with Gasteiger partial charge >= 0.3 is 0 Å². The van der Waals surface area contributed by atoms with Gasteiger partial charge in [-0.3, -0.25) is 0 Å². The van der Waals surface area contributed by atoms with Crippen molar-refractivity contribution >= 4 is 0 Å². The van der Waals surface area contributed by atoms with E-state index in [1.165, 1.54) is 5.56 Å². The number of hydrogen-bond acceptors (Lipinski definition) is 2. The summed E-state index contributed by atoms with van der Waals surface area (Å²) in [5.74, 6) is 0.497. The van der Waals surface area contributed by atoms with Gasteiger partial charge in [-0.2, -0.15) is 0 Å². The van der Waals surface area contributed by atoms with Gasteiger partial charge in [0.05, 0.1) is 12.7 Å². The zero-order valence-corrected chi connectivity index (χ0v) is 12.1. The lowest BCUT2D eigenvalue weighted by Crippen LogP contribution is -2.45. The highest BCUT2D eigenvalue weighted by Gasteiger charge is 2.40. The summed E-state index contributed by atoms with van der Waals surface area (Å²) >= 11 is 0. The number of ether oxygens (including phenoxy) is 2. The fourth-order valence-electron chi connectivity index (χ4n) is 2.69. The molecule has 100 valence electrons. The fourth-order valence-corrected chi connectivity index (χ4v) is 2.69. The van der Waals surface area contributed by atoms with Crippen molar-refractivity contribution in [1.82, 2.24) is 0 Å². The van der Waals surface area contributed by atoms with Crippen LogP contribution in [0.15, 0.2) is 24.3 Å². The maximum Gasteiger partial charge on any atom is 0.184 e. The SMILES string of the molecule is Cc1ccc([C@@H]2OCC(C)(C)[C@@H](C(C)C)O2)cc1. The number of aryl methyl sites for hydroxylation is 1. The highest BCUT2D eigenvalue weighted by molar-refractivity contribution is 5.22. The number of hydrogen-bond donors (Lipinski definition) is 0. The molecule has 1 aromatic rings.